The molecule has 4 heteroatoms. The van der Waals surface area contributed by atoms with Gasteiger partial charge in [-0.2, -0.15) is 0 Å². The van der Waals surface area contributed by atoms with Gasteiger partial charge in [0.2, 0.25) is 5.78 Å². The van der Waals surface area contributed by atoms with E-state index in [4.69, 9.17) is 14.2 Å². The van der Waals surface area contributed by atoms with E-state index in [1.807, 2.05) is 6.07 Å². The molecule has 2 aliphatic heterocycles. The molecule has 0 atom stereocenters. The fraction of sp³-hybridized carbons (Fsp3) is 0.500. The van der Waals surface area contributed by atoms with Crippen molar-refractivity contribution >= 4 is 5.78 Å². The number of ketones is 1. The van der Waals surface area contributed by atoms with Crippen molar-refractivity contribution in [2.24, 2.45) is 5.92 Å². The van der Waals surface area contributed by atoms with E-state index >= 15 is 0 Å². The van der Waals surface area contributed by atoms with Crippen LogP contribution < -0.4 is 9.47 Å². The molecule has 0 unspecified atom stereocenters. The first-order valence-corrected chi connectivity index (χ1v) is 6.33. The molecule has 0 radical (unpaired) electrons. The molecule has 18 heavy (non-hydrogen) atoms. The predicted molar refractivity (Wildman–Crippen MR) is 65.3 cm³/mol. The van der Waals surface area contributed by atoms with Crippen LogP contribution in [0.15, 0.2) is 18.2 Å². The standard InChI is InChI=1S/C14H16O4/c15-13-9-18-14-7-11(1-2-12(13)14)17-8-10-3-5-16-6-4-10/h1-2,7,10H,3-6,8-9H2. The second-order valence-electron chi connectivity index (χ2n) is 4.74. The summed E-state index contributed by atoms with van der Waals surface area (Å²) in [7, 11) is 0. The molecule has 0 amide bonds. The third-order valence-corrected chi connectivity index (χ3v) is 3.44. The molecule has 2 aliphatic rings. The van der Waals surface area contributed by atoms with Crippen LogP contribution in [0.2, 0.25) is 0 Å². The van der Waals surface area contributed by atoms with Crippen LogP contribution in [0.3, 0.4) is 0 Å². The average molecular weight is 248 g/mol. The topological polar surface area (TPSA) is 44.8 Å². The summed E-state index contributed by atoms with van der Waals surface area (Å²) in [6.45, 7) is 2.51. The molecule has 4 nitrogen and oxygen atoms in total. The Balaban J connectivity index is 1.61. The second kappa shape index (κ2) is 4.98. The number of carbonyl (C=O) groups excluding carboxylic acids is 1. The molecule has 1 fully saturated rings. The van der Waals surface area contributed by atoms with Gasteiger partial charge in [-0.05, 0) is 30.9 Å². The first-order valence-electron chi connectivity index (χ1n) is 6.33. The SMILES string of the molecule is O=C1COc2cc(OCC3CCOCC3)ccc21. The van der Waals surface area contributed by atoms with Gasteiger partial charge in [-0.25, -0.2) is 0 Å². The number of hydrogen-bond donors (Lipinski definition) is 0. The maximum Gasteiger partial charge on any atom is 0.203 e. The van der Waals surface area contributed by atoms with E-state index in [1.54, 1.807) is 12.1 Å². The van der Waals surface area contributed by atoms with Gasteiger partial charge in [-0.1, -0.05) is 0 Å². The van der Waals surface area contributed by atoms with Crippen molar-refractivity contribution < 1.29 is 19.0 Å². The quantitative estimate of drug-likeness (QED) is 0.821. The summed E-state index contributed by atoms with van der Waals surface area (Å²) in [6.07, 6.45) is 2.11. The number of carbonyl (C=O) groups is 1. The lowest BCUT2D eigenvalue weighted by Gasteiger charge is -2.22. The van der Waals surface area contributed by atoms with E-state index in [0.717, 1.165) is 31.8 Å². The monoisotopic (exact) mass is 248 g/mol. The summed E-state index contributed by atoms with van der Waals surface area (Å²) in [5.74, 6) is 2.02. The van der Waals surface area contributed by atoms with Crippen molar-refractivity contribution in [1.82, 2.24) is 0 Å². The molecule has 0 aromatic heterocycles. The second-order valence-corrected chi connectivity index (χ2v) is 4.74. The van der Waals surface area contributed by atoms with Crippen molar-refractivity contribution in [2.45, 2.75) is 12.8 Å². The van der Waals surface area contributed by atoms with Crippen LogP contribution >= 0.6 is 0 Å². The summed E-state index contributed by atoms with van der Waals surface area (Å²) in [5.41, 5.74) is 0.661. The van der Waals surface area contributed by atoms with Crippen molar-refractivity contribution in [1.29, 1.82) is 0 Å². The van der Waals surface area contributed by atoms with Crippen LogP contribution in [0.5, 0.6) is 11.5 Å². The zero-order valence-corrected chi connectivity index (χ0v) is 10.2. The minimum Gasteiger partial charge on any atom is -0.493 e. The Morgan fingerprint density at radius 3 is 2.94 bits per heavy atom. The Morgan fingerprint density at radius 1 is 1.28 bits per heavy atom. The maximum absolute atomic E-state index is 11.4. The largest absolute Gasteiger partial charge is 0.493 e. The third-order valence-electron chi connectivity index (χ3n) is 3.44. The highest BCUT2D eigenvalue weighted by Crippen LogP contribution is 2.30. The molecule has 0 saturated carbocycles. The van der Waals surface area contributed by atoms with Gasteiger partial charge >= 0.3 is 0 Å². The Bertz CT molecular complexity index is 449. The lowest BCUT2D eigenvalue weighted by atomic mass is 10.0. The first kappa shape index (κ1) is 11.5. The fourth-order valence-corrected chi connectivity index (χ4v) is 2.29. The van der Waals surface area contributed by atoms with E-state index in [-0.39, 0.29) is 12.4 Å². The molecule has 0 aliphatic carbocycles. The molecule has 0 bridgehead atoms. The minimum atomic E-state index is 0.0426. The highest BCUT2D eigenvalue weighted by molar-refractivity contribution is 6.02. The van der Waals surface area contributed by atoms with Gasteiger partial charge in [0.15, 0.2) is 6.61 Å². The number of benzene rings is 1. The molecule has 1 saturated heterocycles. The summed E-state index contributed by atoms with van der Waals surface area (Å²) < 4.78 is 16.4. The number of fused-ring (bicyclic) bond motifs is 1. The van der Waals surface area contributed by atoms with Crippen molar-refractivity contribution in [2.75, 3.05) is 26.4 Å². The van der Waals surface area contributed by atoms with Gasteiger partial charge < -0.3 is 14.2 Å². The number of hydrogen-bond acceptors (Lipinski definition) is 4. The maximum atomic E-state index is 11.4. The lowest BCUT2D eigenvalue weighted by Crippen LogP contribution is -2.21. The molecule has 3 rings (SSSR count). The molecule has 96 valence electrons. The Labute approximate surface area is 106 Å². The summed E-state index contributed by atoms with van der Waals surface area (Å²) >= 11 is 0. The van der Waals surface area contributed by atoms with Crippen LogP contribution in [0, 0.1) is 5.92 Å². The van der Waals surface area contributed by atoms with Gasteiger partial charge in [0, 0.05) is 19.3 Å². The smallest absolute Gasteiger partial charge is 0.203 e. The van der Waals surface area contributed by atoms with Gasteiger partial charge in [-0.3, -0.25) is 4.79 Å². The van der Waals surface area contributed by atoms with Crippen molar-refractivity contribution in [3.05, 3.63) is 23.8 Å². The fourth-order valence-electron chi connectivity index (χ4n) is 2.29. The molecular formula is C14H16O4. The van der Waals surface area contributed by atoms with Crippen LogP contribution in [-0.4, -0.2) is 32.2 Å². The number of Topliss-reactive ketones (excluding diaryl/α,β-unsaturated/α-hetero) is 1. The Hall–Kier alpha value is -1.55. The van der Waals surface area contributed by atoms with Gasteiger partial charge in [0.25, 0.3) is 0 Å². The Kier molecular flexibility index (Phi) is 3.19. The van der Waals surface area contributed by atoms with Gasteiger partial charge in [0.1, 0.15) is 11.5 Å². The normalized spacial score (nSPS) is 19.4. The number of rotatable bonds is 3. The lowest BCUT2D eigenvalue weighted by molar-refractivity contribution is 0.0497. The molecule has 0 N–H and O–H groups in total. The van der Waals surface area contributed by atoms with Gasteiger partial charge in [-0.15, -0.1) is 0 Å². The zero-order chi connectivity index (χ0) is 12.4. The molecular weight excluding hydrogens is 232 g/mol. The predicted octanol–water partition coefficient (Wildman–Crippen LogP) is 2.07. The highest BCUT2D eigenvalue weighted by Gasteiger charge is 2.21. The average Bonchev–Trinajstić information content (AvgIpc) is 2.79. The highest BCUT2D eigenvalue weighted by atomic mass is 16.5. The summed E-state index contributed by atoms with van der Waals surface area (Å²) in [4.78, 5) is 11.4. The van der Waals surface area contributed by atoms with Crippen LogP contribution in [0.4, 0.5) is 0 Å². The van der Waals surface area contributed by atoms with E-state index in [0.29, 0.717) is 23.8 Å². The van der Waals surface area contributed by atoms with E-state index in [1.165, 1.54) is 0 Å². The summed E-state index contributed by atoms with van der Waals surface area (Å²) in [5, 5.41) is 0. The summed E-state index contributed by atoms with van der Waals surface area (Å²) in [6, 6.07) is 5.42. The molecule has 0 spiro atoms. The van der Waals surface area contributed by atoms with E-state index in [2.05, 4.69) is 0 Å². The van der Waals surface area contributed by atoms with Gasteiger partial charge in [0.05, 0.1) is 12.2 Å². The molecule has 2 heterocycles. The zero-order valence-electron chi connectivity index (χ0n) is 10.2. The van der Waals surface area contributed by atoms with Crippen LogP contribution in [-0.2, 0) is 4.74 Å². The van der Waals surface area contributed by atoms with E-state index < -0.39 is 0 Å². The molecule has 1 aromatic carbocycles. The Morgan fingerprint density at radius 2 is 2.11 bits per heavy atom. The number of ether oxygens (including phenoxy) is 3. The first-order chi connectivity index (χ1) is 8.83. The third kappa shape index (κ3) is 2.34. The van der Waals surface area contributed by atoms with Crippen molar-refractivity contribution in [3.8, 4) is 11.5 Å². The molecule has 1 aromatic rings. The minimum absolute atomic E-state index is 0.0426. The van der Waals surface area contributed by atoms with Crippen molar-refractivity contribution in [3.63, 3.8) is 0 Å². The van der Waals surface area contributed by atoms with E-state index in [9.17, 15) is 4.79 Å². The van der Waals surface area contributed by atoms with Crippen LogP contribution in [0.1, 0.15) is 23.2 Å². The van der Waals surface area contributed by atoms with Crippen LogP contribution in [0.25, 0.3) is 0 Å².